The van der Waals surface area contributed by atoms with Crippen LogP contribution in [-0.2, 0) is 13.1 Å². The second-order valence-corrected chi connectivity index (χ2v) is 10.5. The third-order valence-electron chi connectivity index (χ3n) is 6.58. The summed E-state index contributed by atoms with van der Waals surface area (Å²) in [5.74, 6) is 0. The zero-order valence-corrected chi connectivity index (χ0v) is 21.4. The lowest BCUT2D eigenvalue weighted by molar-refractivity contribution is 0.157. The van der Waals surface area contributed by atoms with Crippen molar-refractivity contribution in [3.63, 3.8) is 0 Å². The lowest BCUT2D eigenvalue weighted by Gasteiger charge is -2.44. The van der Waals surface area contributed by atoms with Gasteiger partial charge < -0.3 is 30.8 Å². The van der Waals surface area contributed by atoms with Gasteiger partial charge in [-0.3, -0.25) is 0 Å². The SMILES string of the molecule is CC(C)(CCCCN([O-])CCCCC(C)(C)N([O-])Cc1ccccc1)N([O-])Cc1ccccc1. The number of rotatable bonds is 16. The van der Waals surface area contributed by atoms with Crippen LogP contribution in [0, 0.1) is 15.6 Å². The highest BCUT2D eigenvalue weighted by atomic mass is 16.5. The van der Waals surface area contributed by atoms with Gasteiger partial charge in [-0.05, 0) is 77.6 Å². The van der Waals surface area contributed by atoms with Crippen molar-refractivity contribution in [1.82, 2.24) is 15.2 Å². The summed E-state index contributed by atoms with van der Waals surface area (Å²) in [5.41, 5.74) is 1.11. The summed E-state index contributed by atoms with van der Waals surface area (Å²) in [5, 5.41) is 40.8. The van der Waals surface area contributed by atoms with Gasteiger partial charge in [0, 0.05) is 24.2 Å². The molecule has 0 saturated carbocycles. The van der Waals surface area contributed by atoms with Gasteiger partial charge in [-0.15, -0.1) is 0 Å². The van der Waals surface area contributed by atoms with E-state index in [1.807, 2.05) is 88.4 Å². The Labute approximate surface area is 206 Å². The van der Waals surface area contributed by atoms with Gasteiger partial charge in [0.2, 0.25) is 0 Å². The highest BCUT2D eigenvalue weighted by Gasteiger charge is 2.20. The van der Waals surface area contributed by atoms with Crippen molar-refractivity contribution in [2.24, 2.45) is 0 Å². The van der Waals surface area contributed by atoms with Crippen LogP contribution in [-0.4, -0.2) is 39.4 Å². The Morgan fingerprint density at radius 1 is 0.559 bits per heavy atom. The molecule has 6 nitrogen and oxygen atoms in total. The molecule has 0 spiro atoms. The quantitative estimate of drug-likeness (QED) is 0.202. The summed E-state index contributed by atoms with van der Waals surface area (Å²) in [6, 6.07) is 19.6. The largest absolute Gasteiger partial charge is 0.785 e. The van der Waals surface area contributed by atoms with Gasteiger partial charge in [0.1, 0.15) is 0 Å². The van der Waals surface area contributed by atoms with E-state index >= 15 is 0 Å². The van der Waals surface area contributed by atoms with E-state index in [0.717, 1.165) is 64.8 Å². The first-order valence-electron chi connectivity index (χ1n) is 12.5. The van der Waals surface area contributed by atoms with Crippen molar-refractivity contribution in [2.45, 2.75) is 90.4 Å². The highest BCUT2D eigenvalue weighted by molar-refractivity contribution is 5.15. The molecule has 6 heteroatoms. The molecule has 0 bridgehead atoms. The predicted octanol–water partition coefficient (Wildman–Crippen LogP) is 6.68. The number of unbranched alkanes of at least 4 members (excludes halogenated alkanes) is 2. The average Bonchev–Trinajstić information content (AvgIpc) is 2.81. The van der Waals surface area contributed by atoms with Crippen molar-refractivity contribution in [3.8, 4) is 0 Å². The smallest absolute Gasteiger partial charge is 0.0118 e. The summed E-state index contributed by atoms with van der Waals surface area (Å²) in [7, 11) is 0. The molecule has 0 N–H and O–H groups in total. The molecule has 0 unspecified atom stereocenters. The van der Waals surface area contributed by atoms with Crippen LogP contribution >= 0.6 is 0 Å². The normalized spacial score (nSPS) is 12.8. The van der Waals surface area contributed by atoms with Crippen LogP contribution in [0.25, 0.3) is 0 Å². The first-order valence-corrected chi connectivity index (χ1v) is 12.5. The molecule has 0 aliphatic carbocycles. The lowest BCUT2D eigenvalue weighted by atomic mass is 9.95. The van der Waals surface area contributed by atoms with E-state index in [4.69, 9.17) is 0 Å². The second-order valence-electron chi connectivity index (χ2n) is 10.5. The van der Waals surface area contributed by atoms with E-state index in [1.54, 1.807) is 0 Å². The van der Waals surface area contributed by atoms with E-state index in [2.05, 4.69) is 0 Å². The molecular weight excluding hydrogens is 426 g/mol. The molecule has 190 valence electrons. The van der Waals surface area contributed by atoms with Gasteiger partial charge in [-0.25, -0.2) is 0 Å². The van der Waals surface area contributed by atoms with Crippen molar-refractivity contribution in [2.75, 3.05) is 13.1 Å². The molecular formula is C28H42N3O3-3. The molecule has 0 heterocycles. The van der Waals surface area contributed by atoms with Crippen LogP contribution < -0.4 is 0 Å². The Morgan fingerprint density at radius 2 is 0.912 bits per heavy atom. The topological polar surface area (TPSA) is 78.9 Å². The fourth-order valence-corrected chi connectivity index (χ4v) is 3.98. The third kappa shape index (κ3) is 10.2. The van der Waals surface area contributed by atoms with Crippen molar-refractivity contribution >= 4 is 0 Å². The Morgan fingerprint density at radius 3 is 1.26 bits per heavy atom. The maximum absolute atomic E-state index is 12.6. The Kier molecular flexibility index (Phi) is 11.6. The average molecular weight is 469 g/mol. The molecule has 2 rings (SSSR count). The number of hydrogen-bond acceptors (Lipinski definition) is 6. The zero-order valence-electron chi connectivity index (χ0n) is 21.4. The van der Waals surface area contributed by atoms with E-state index in [-0.39, 0.29) is 0 Å². The van der Waals surface area contributed by atoms with Crippen LogP contribution in [0.5, 0.6) is 0 Å². The Balaban J connectivity index is 1.59. The molecule has 0 radical (unpaired) electrons. The first-order chi connectivity index (χ1) is 16.1. The van der Waals surface area contributed by atoms with Crippen molar-refractivity contribution in [3.05, 3.63) is 87.4 Å². The molecule has 0 atom stereocenters. The molecule has 2 aromatic carbocycles. The summed E-state index contributed by atoms with van der Waals surface area (Å²) in [6.45, 7) is 9.60. The molecule has 0 aliphatic heterocycles. The van der Waals surface area contributed by atoms with Crippen LogP contribution in [0.2, 0.25) is 0 Å². The monoisotopic (exact) mass is 468 g/mol. The number of benzene rings is 2. The van der Waals surface area contributed by atoms with Gasteiger partial charge in [-0.1, -0.05) is 73.5 Å². The first kappa shape index (κ1) is 28.4. The van der Waals surface area contributed by atoms with Gasteiger partial charge in [-0.2, -0.15) is 0 Å². The minimum absolute atomic E-state index is 0.379. The van der Waals surface area contributed by atoms with Crippen LogP contribution in [0.3, 0.4) is 0 Å². The van der Waals surface area contributed by atoms with E-state index in [0.29, 0.717) is 26.2 Å². The number of hydroxylamine groups is 6. The Bertz CT molecular complexity index is 732. The standard InChI is InChI=1S/C28H42N3O3/c1-27(2,30(33)23-25-15-7-5-8-16-25)19-11-13-21-29(32)22-14-12-20-28(3,4)31(34)24-26-17-9-6-10-18-26/h5-10,15-18H,11-14,19-24H2,1-4H3/q-3. The Hall–Kier alpha value is -1.80. The molecule has 0 aromatic heterocycles. The summed E-state index contributed by atoms with van der Waals surface area (Å²) < 4.78 is 0. The van der Waals surface area contributed by atoms with Crippen molar-refractivity contribution in [1.29, 1.82) is 0 Å². The summed E-state index contributed by atoms with van der Waals surface area (Å²) in [6.07, 6.45) is 4.76. The molecule has 0 amide bonds. The zero-order chi connectivity index (χ0) is 25.0. The van der Waals surface area contributed by atoms with Crippen LogP contribution in [0.1, 0.15) is 77.3 Å². The van der Waals surface area contributed by atoms with Gasteiger partial charge >= 0.3 is 0 Å². The maximum Gasteiger partial charge on any atom is 0.0118 e. The molecule has 2 aromatic rings. The van der Waals surface area contributed by atoms with Crippen LogP contribution in [0.15, 0.2) is 60.7 Å². The molecule has 0 aliphatic rings. The predicted molar refractivity (Wildman–Crippen MR) is 142 cm³/mol. The molecule has 0 fully saturated rings. The number of nitrogens with zero attached hydrogens (tertiary/aromatic N) is 3. The minimum atomic E-state index is -0.459. The van der Waals surface area contributed by atoms with Gasteiger partial charge in [0.15, 0.2) is 0 Å². The van der Waals surface area contributed by atoms with Gasteiger partial charge in [0.25, 0.3) is 0 Å². The van der Waals surface area contributed by atoms with E-state index in [1.165, 1.54) is 0 Å². The van der Waals surface area contributed by atoms with Crippen molar-refractivity contribution < 1.29 is 0 Å². The fourth-order valence-electron chi connectivity index (χ4n) is 3.98. The third-order valence-corrected chi connectivity index (χ3v) is 6.58. The summed E-state index contributed by atoms with van der Waals surface area (Å²) in [4.78, 5) is 0. The van der Waals surface area contributed by atoms with E-state index < -0.39 is 11.1 Å². The maximum atomic E-state index is 12.6. The van der Waals surface area contributed by atoms with Gasteiger partial charge in [0.05, 0.1) is 0 Å². The lowest BCUT2D eigenvalue weighted by Crippen LogP contribution is -2.39. The fraction of sp³-hybridized carbons (Fsp3) is 0.571. The summed E-state index contributed by atoms with van der Waals surface area (Å²) >= 11 is 0. The molecule has 0 saturated heterocycles. The van der Waals surface area contributed by atoms with E-state index in [9.17, 15) is 15.6 Å². The van der Waals surface area contributed by atoms with Crippen LogP contribution in [0.4, 0.5) is 0 Å². The molecule has 34 heavy (non-hydrogen) atoms. The highest BCUT2D eigenvalue weighted by Crippen LogP contribution is 2.24. The second kappa shape index (κ2) is 13.9. The minimum Gasteiger partial charge on any atom is -0.785 e. The number of hydrogen-bond donors (Lipinski definition) is 0.